The molecule has 0 aliphatic rings. The highest BCUT2D eigenvalue weighted by molar-refractivity contribution is 5.91. The van der Waals surface area contributed by atoms with Crippen LogP contribution in [0.5, 0.6) is 0 Å². The number of amides is 2. The van der Waals surface area contributed by atoms with E-state index in [1.807, 2.05) is 13.8 Å². The Morgan fingerprint density at radius 1 is 1.29 bits per heavy atom. The van der Waals surface area contributed by atoms with Crippen molar-refractivity contribution in [3.63, 3.8) is 0 Å². The quantitative estimate of drug-likeness (QED) is 0.878. The number of rotatable bonds is 6. The average Bonchev–Trinajstić information content (AvgIpc) is 2.37. The summed E-state index contributed by atoms with van der Waals surface area (Å²) in [5.41, 5.74) is -0.0698. The van der Waals surface area contributed by atoms with Gasteiger partial charge in [0.1, 0.15) is 11.6 Å². The number of hydrogen-bond donors (Lipinski definition) is 1. The Hall–Kier alpha value is -1.98. The summed E-state index contributed by atoms with van der Waals surface area (Å²) < 4.78 is 26.1. The fourth-order valence-corrected chi connectivity index (χ4v) is 1.86. The first-order chi connectivity index (χ1) is 9.79. The van der Waals surface area contributed by atoms with Crippen LogP contribution >= 0.6 is 0 Å². The lowest BCUT2D eigenvalue weighted by atomic mass is 10.2. The number of halogens is 2. The Morgan fingerprint density at radius 2 is 1.95 bits per heavy atom. The molecule has 1 aromatic carbocycles. The number of nitrogens with zero attached hydrogens (tertiary/aromatic N) is 1. The van der Waals surface area contributed by atoms with Crippen molar-refractivity contribution in [2.75, 3.05) is 18.4 Å². The van der Waals surface area contributed by atoms with Gasteiger partial charge >= 0.3 is 0 Å². The molecule has 0 unspecified atom stereocenters. The van der Waals surface area contributed by atoms with E-state index in [-0.39, 0.29) is 24.6 Å². The molecule has 0 saturated heterocycles. The minimum atomic E-state index is -0.825. The van der Waals surface area contributed by atoms with Gasteiger partial charge in [0.15, 0.2) is 0 Å². The van der Waals surface area contributed by atoms with Crippen molar-refractivity contribution in [3.05, 3.63) is 29.8 Å². The van der Waals surface area contributed by atoms with Crippen LogP contribution in [0.15, 0.2) is 18.2 Å². The maximum Gasteiger partial charge on any atom is 0.226 e. The second-order valence-electron chi connectivity index (χ2n) is 5.28. The Morgan fingerprint density at radius 3 is 2.48 bits per heavy atom. The highest BCUT2D eigenvalue weighted by atomic mass is 19.1. The van der Waals surface area contributed by atoms with Gasteiger partial charge in [-0.15, -0.1) is 0 Å². The SMILES string of the molecule is CC(=O)N(CCC(=O)Nc1ccc(F)cc1F)CC(C)C. The molecular formula is C15H20F2N2O2. The highest BCUT2D eigenvalue weighted by Gasteiger charge is 2.13. The van der Waals surface area contributed by atoms with Gasteiger partial charge < -0.3 is 10.2 Å². The fourth-order valence-electron chi connectivity index (χ4n) is 1.86. The standard InChI is InChI=1S/C15H20F2N2O2/c1-10(2)9-19(11(3)20)7-6-15(21)18-14-5-4-12(16)8-13(14)17/h4-5,8,10H,6-7,9H2,1-3H3,(H,18,21). The van der Waals surface area contributed by atoms with Crippen LogP contribution in [0.3, 0.4) is 0 Å². The first-order valence-corrected chi connectivity index (χ1v) is 6.80. The van der Waals surface area contributed by atoms with E-state index in [4.69, 9.17) is 0 Å². The van der Waals surface area contributed by atoms with E-state index in [0.717, 1.165) is 6.07 Å². The van der Waals surface area contributed by atoms with Crippen LogP contribution in [0.4, 0.5) is 14.5 Å². The first-order valence-electron chi connectivity index (χ1n) is 6.80. The number of nitrogens with one attached hydrogen (secondary N) is 1. The number of carbonyl (C=O) groups is 2. The lowest BCUT2D eigenvalue weighted by molar-refractivity contribution is -0.129. The Labute approximate surface area is 123 Å². The third-order valence-corrected chi connectivity index (χ3v) is 2.84. The van der Waals surface area contributed by atoms with Crippen LogP contribution in [0, 0.1) is 17.6 Å². The summed E-state index contributed by atoms with van der Waals surface area (Å²) in [4.78, 5) is 24.8. The molecule has 21 heavy (non-hydrogen) atoms. The summed E-state index contributed by atoms with van der Waals surface area (Å²) in [6, 6.07) is 2.94. The molecular weight excluding hydrogens is 278 g/mol. The molecule has 0 aromatic heterocycles. The smallest absolute Gasteiger partial charge is 0.226 e. The van der Waals surface area contributed by atoms with Crippen LogP contribution in [0.1, 0.15) is 27.2 Å². The van der Waals surface area contributed by atoms with Gasteiger partial charge in [-0.3, -0.25) is 9.59 Å². The van der Waals surface area contributed by atoms with E-state index in [1.54, 1.807) is 4.90 Å². The van der Waals surface area contributed by atoms with Crippen molar-refractivity contribution in [3.8, 4) is 0 Å². The lowest BCUT2D eigenvalue weighted by Gasteiger charge is -2.22. The van der Waals surface area contributed by atoms with Gasteiger partial charge in [0.05, 0.1) is 5.69 Å². The molecule has 1 aromatic rings. The lowest BCUT2D eigenvalue weighted by Crippen LogP contribution is -2.34. The van der Waals surface area contributed by atoms with Crippen LogP contribution in [-0.4, -0.2) is 29.8 Å². The predicted octanol–water partition coefficient (Wildman–Crippen LogP) is 2.80. The summed E-state index contributed by atoms with van der Waals surface area (Å²) in [7, 11) is 0. The molecule has 1 N–H and O–H groups in total. The minimum Gasteiger partial charge on any atom is -0.342 e. The van der Waals surface area contributed by atoms with Crippen LogP contribution < -0.4 is 5.32 Å². The summed E-state index contributed by atoms with van der Waals surface area (Å²) >= 11 is 0. The van der Waals surface area contributed by atoms with Crippen molar-refractivity contribution in [2.24, 2.45) is 5.92 Å². The molecule has 0 atom stereocenters. The Balaban J connectivity index is 2.54. The summed E-state index contributed by atoms with van der Waals surface area (Å²) in [6.07, 6.45) is 0.0586. The van der Waals surface area contributed by atoms with Gasteiger partial charge in [0.2, 0.25) is 11.8 Å². The largest absolute Gasteiger partial charge is 0.342 e. The molecule has 116 valence electrons. The number of anilines is 1. The van der Waals surface area contributed by atoms with Gasteiger partial charge in [-0.1, -0.05) is 13.8 Å². The summed E-state index contributed by atoms with van der Waals surface area (Å²) in [5, 5.41) is 2.37. The summed E-state index contributed by atoms with van der Waals surface area (Å²) in [6.45, 7) is 6.23. The van der Waals surface area contributed by atoms with Crippen LogP contribution in [0.25, 0.3) is 0 Å². The third kappa shape index (κ3) is 5.89. The number of benzene rings is 1. The molecule has 6 heteroatoms. The third-order valence-electron chi connectivity index (χ3n) is 2.84. The van der Waals surface area contributed by atoms with E-state index in [1.165, 1.54) is 13.0 Å². The van der Waals surface area contributed by atoms with E-state index in [9.17, 15) is 18.4 Å². The average molecular weight is 298 g/mol. The van der Waals surface area contributed by atoms with Crippen molar-refractivity contribution in [1.82, 2.24) is 4.90 Å². The van der Waals surface area contributed by atoms with Crippen molar-refractivity contribution in [2.45, 2.75) is 27.2 Å². The molecule has 0 aliphatic heterocycles. The molecule has 0 heterocycles. The van der Waals surface area contributed by atoms with Crippen molar-refractivity contribution >= 4 is 17.5 Å². The minimum absolute atomic E-state index is 0.0586. The van der Waals surface area contributed by atoms with Gasteiger partial charge in [0, 0.05) is 32.5 Å². The van der Waals surface area contributed by atoms with E-state index < -0.39 is 17.5 Å². The van der Waals surface area contributed by atoms with Crippen LogP contribution in [-0.2, 0) is 9.59 Å². The summed E-state index contributed by atoms with van der Waals surface area (Å²) in [5.74, 6) is -1.76. The molecule has 0 aliphatic carbocycles. The van der Waals surface area contributed by atoms with E-state index >= 15 is 0 Å². The van der Waals surface area contributed by atoms with Crippen molar-refractivity contribution in [1.29, 1.82) is 0 Å². The van der Waals surface area contributed by atoms with Crippen LogP contribution in [0.2, 0.25) is 0 Å². The van der Waals surface area contributed by atoms with Crippen molar-refractivity contribution < 1.29 is 18.4 Å². The second kappa shape index (κ2) is 7.71. The van der Waals surface area contributed by atoms with Gasteiger partial charge in [0.25, 0.3) is 0 Å². The van der Waals surface area contributed by atoms with Gasteiger partial charge in [-0.05, 0) is 18.1 Å². The molecule has 0 spiro atoms. The zero-order chi connectivity index (χ0) is 16.0. The van der Waals surface area contributed by atoms with E-state index in [0.29, 0.717) is 18.5 Å². The molecule has 2 amide bonds. The molecule has 0 fully saturated rings. The highest BCUT2D eigenvalue weighted by Crippen LogP contribution is 2.15. The fraction of sp³-hybridized carbons (Fsp3) is 0.467. The molecule has 4 nitrogen and oxygen atoms in total. The second-order valence-corrected chi connectivity index (χ2v) is 5.28. The van der Waals surface area contributed by atoms with Gasteiger partial charge in [-0.25, -0.2) is 8.78 Å². The topological polar surface area (TPSA) is 49.4 Å². The zero-order valence-corrected chi connectivity index (χ0v) is 12.5. The first kappa shape index (κ1) is 17.1. The number of hydrogen-bond acceptors (Lipinski definition) is 2. The zero-order valence-electron chi connectivity index (χ0n) is 12.5. The molecule has 0 saturated carbocycles. The number of carbonyl (C=O) groups excluding carboxylic acids is 2. The Kier molecular flexibility index (Phi) is 6.27. The Bertz CT molecular complexity index is 518. The monoisotopic (exact) mass is 298 g/mol. The normalized spacial score (nSPS) is 10.6. The molecule has 0 bridgehead atoms. The molecule has 0 radical (unpaired) electrons. The maximum absolute atomic E-state index is 13.4. The molecule has 1 rings (SSSR count). The van der Waals surface area contributed by atoms with E-state index in [2.05, 4.69) is 5.32 Å². The van der Waals surface area contributed by atoms with Gasteiger partial charge in [-0.2, -0.15) is 0 Å². The maximum atomic E-state index is 13.4. The predicted molar refractivity (Wildman–Crippen MR) is 76.7 cm³/mol.